The summed E-state index contributed by atoms with van der Waals surface area (Å²) in [5.74, 6) is -0.0380. The van der Waals surface area contributed by atoms with Crippen molar-refractivity contribution >= 4 is 15.9 Å². The van der Waals surface area contributed by atoms with Crippen molar-refractivity contribution in [3.05, 3.63) is 30.3 Å². The summed E-state index contributed by atoms with van der Waals surface area (Å²) in [7, 11) is -1.77. The van der Waals surface area contributed by atoms with E-state index < -0.39 is 16.1 Å². The number of rotatable bonds is 4. The fourth-order valence-electron chi connectivity index (χ4n) is 4.06. The maximum absolute atomic E-state index is 13.1. The Kier molecular flexibility index (Phi) is 5.79. The first-order chi connectivity index (χ1) is 12.0. The monoisotopic (exact) mass is 364 g/mol. The fraction of sp³-hybridized carbons (Fsp3) is 0.632. The van der Waals surface area contributed by atoms with Crippen LogP contribution in [0.4, 0.5) is 0 Å². The summed E-state index contributed by atoms with van der Waals surface area (Å²) in [4.78, 5) is 15.2. The number of nitrogens with zero attached hydrogens (tertiary/aromatic N) is 2. The highest BCUT2D eigenvalue weighted by Crippen LogP contribution is 2.29. The van der Waals surface area contributed by atoms with Crippen molar-refractivity contribution in [1.82, 2.24) is 9.21 Å². The van der Waals surface area contributed by atoms with Crippen LogP contribution in [0.15, 0.2) is 35.2 Å². The van der Waals surface area contributed by atoms with Crippen LogP contribution < -0.4 is 0 Å². The molecule has 1 aromatic carbocycles. The Bertz CT molecular complexity index is 682. The van der Waals surface area contributed by atoms with E-state index in [0.29, 0.717) is 13.0 Å². The van der Waals surface area contributed by atoms with E-state index in [4.69, 9.17) is 0 Å². The van der Waals surface area contributed by atoms with Crippen LogP contribution in [0.25, 0.3) is 0 Å². The van der Waals surface area contributed by atoms with Crippen molar-refractivity contribution in [2.75, 3.05) is 13.6 Å². The van der Waals surface area contributed by atoms with Gasteiger partial charge >= 0.3 is 0 Å². The highest BCUT2D eigenvalue weighted by atomic mass is 32.2. The zero-order valence-corrected chi connectivity index (χ0v) is 15.7. The van der Waals surface area contributed by atoms with Gasteiger partial charge in [-0.15, -0.1) is 0 Å². The van der Waals surface area contributed by atoms with E-state index in [-0.39, 0.29) is 16.8 Å². The Hall–Kier alpha value is -1.40. The van der Waals surface area contributed by atoms with Gasteiger partial charge < -0.3 is 4.90 Å². The Morgan fingerprint density at radius 3 is 2.28 bits per heavy atom. The summed E-state index contributed by atoms with van der Waals surface area (Å²) < 4.78 is 27.3. The largest absolute Gasteiger partial charge is 0.341 e. The van der Waals surface area contributed by atoms with E-state index in [0.717, 1.165) is 32.1 Å². The second-order valence-corrected chi connectivity index (χ2v) is 9.07. The lowest BCUT2D eigenvalue weighted by Crippen LogP contribution is -2.49. The number of hydrogen-bond acceptors (Lipinski definition) is 3. The summed E-state index contributed by atoms with van der Waals surface area (Å²) >= 11 is 0. The molecule has 1 heterocycles. The van der Waals surface area contributed by atoms with Crippen molar-refractivity contribution in [2.45, 2.75) is 68.3 Å². The minimum Gasteiger partial charge on any atom is -0.341 e. The number of likely N-dealkylation sites (N-methyl/N-ethyl adjacent to an activating group) is 1. The third kappa shape index (κ3) is 3.90. The SMILES string of the molecule is CN(C(=O)C1CCCN1S(=O)(=O)c1ccccc1)C1CCCCCC1. The van der Waals surface area contributed by atoms with Gasteiger partial charge in [0.05, 0.1) is 4.90 Å². The van der Waals surface area contributed by atoms with Gasteiger partial charge in [-0.2, -0.15) is 4.31 Å². The van der Waals surface area contributed by atoms with Crippen LogP contribution >= 0.6 is 0 Å². The molecule has 2 aliphatic rings. The fourth-order valence-corrected chi connectivity index (χ4v) is 5.73. The lowest BCUT2D eigenvalue weighted by Gasteiger charge is -2.32. The molecule has 6 heteroatoms. The van der Waals surface area contributed by atoms with Crippen LogP contribution in [-0.2, 0) is 14.8 Å². The molecule has 1 saturated heterocycles. The van der Waals surface area contributed by atoms with Crippen molar-refractivity contribution < 1.29 is 13.2 Å². The molecule has 3 rings (SSSR count). The molecular formula is C19H28N2O3S. The van der Waals surface area contributed by atoms with E-state index in [2.05, 4.69) is 0 Å². The third-order valence-corrected chi connectivity index (χ3v) is 7.48. The molecule has 25 heavy (non-hydrogen) atoms. The topological polar surface area (TPSA) is 57.7 Å². The molecule has 1 aromatic rings. The molecule has 0 aromatic heterocycles. The molecule has 1 atom stereocenters. The zero-order chi connectivity index (χ0) is 17.9. The third-order valence-electron chi connectivity index (χ3n) is 5.56. The molecule has 0 N–H and O–H groups in total. The van der Waals surface area contributed by atoms with Crippen LogP contribution in [0.1, 0.15) is 51.4 Å². The number of sulfonamides is 1. The molecule has 5 nitrogen and oxygen atoms in total. The Labute approximate surface area is 151 Å². The molecule has 0 bridgehead atoms. The van der Waals surface area contributed by atoms with E-state index in [1.54, 1.807) is 30.3 Å². The van der Waals surface area contributed by atoms with Gasteiger partial charge in [-0.3, -0.25) is 4.79 Å². The molecule has 1 aliphatic heterocycles. The van der Waals surface area contributed by atoms with Gasteiger partial charge in [-0.05, 0) is 37.8 Å². The number of carbonyl (C=O) groups is 1. The minimum atomic E-state index is -3.62. The Morgan fingerprint density at radius 2 is 1.64 bits per heavy atom. The van der Waals surface area contributed by atoms with Gasteiger partial charge in [0.15, 0.2) is 0 Å². The summed E-state index contributed by atoms with van der Waals surface area (Å²) in [6.45, 7) is 0.423. The van der Waals surface area contributed by atoms with Crippen molar-refractivity contribution in [1.29, 1.82) is 0 Å². The van der Waals surface area contributed by atoms with Gasteiger partial charge in [-0.1, -0.05) is 43.9 Å². The Morgan fingerprint density at radius 1 is 1.00 bits per heavy atom. The minimum absolute atomic E-state index is 0.0380. The van der Waals surface area contributed by atoms with E-state index in [1.807, 2.05) is 11.9 Å². The summed E-state index contributed by atoms with van der Waals surface area (Å²) in [5, 5.41) is 0. The summed E-state index contributed by atoms with van der Waals surface area (Å²) in [5.41, 5.74) is 0. The van der Waals surface area contributed by atoms with Gasteiger partial charge in [0.25, 0.3) is 0 Å². The first-order valence-electron chi connectivity index (χ1n) is 9.35. The predicted octanol–water partition coefficient (Wildman–Crippen LogP) is 3.02. The number of carbonyl (C=O) groups excluding carboxylic acids is 1. The standard InChI is InChI=1S/C19H28N2O3S/c1-20(16-10-5-2-3-6-11-16)19(22)18-14-9-15-21(18)25(23,24)17-12-7-4-8-13-17/h4,7-8,12-13,16,18H,2-3,5-6,9-11,14-15H2,1H3. The molecule has 2 fully saturated rings. The average molecular weight is 365 g/mol. The smallest absolute Gasteiger partial charge is 0.243 e. The summed E-state index contributed by atoms with van der Waals surface area (Å²) in [6.07, 6.45) is 8.18. The predicted molar refractivity (Wildman–Crippen MR) is 97.6 cm³/mol. The molecule has 1 saturated carbocycles. The second kappa shape index (κ2) is 7.87. The first kappa shape index (κ1) is 18.4. The van der Waals surface area contributed by atoms with Gasteiger partial charge in [0.1, 0.15) is 6.04 Å². The lowest BCUT2D eigenvalue weighted by molar-refractivity contribution is -0.135. The number of benzene rings is 1. The molecule has 1 unspecified atom stereocenters. The Balaban J connectivity index is 1.77. The molecule has 0 spiro atoms. The molecular weight excluding hydrogens is 336 g/mol. The molecule has 138 valence electrons. The summed E-state index contributed by atoms with van der Waals surface area (Å²) in [6, 6.07) is 8.13. The zero-order valence-electron chi connectivity index (χ0n) is 14.9. The van der Waals surface area contributed by atoms with Crippen LogP contribution in [-0.4, -0.2) is 49.2 Å². The molecule has 0 radical (unpaired) electrons. The normalized spacial score (nSPS) is 23.3. The van der Waals surface area contributed by atoms with Gasteiger partial charge in [0.2, 0.25) is 15.9 Å². The van der Waals surface area contributed by atoms with E-state index >= 15 is 0 Å². The van der Waals surface area contributed by atoms with Crippen molar-refractivity contribution in [3.8, 4) is 0 Å². The molecule has 1 amide bonds. The van der Waals surface area contributed by atoms with Crippen LogP contribution in [0, 0.1) is 0 Å². The van der Waals surface area contributed by atoms with Crippen molar-refractivity contribution in [2.24, 2.45) is 0 Å². The van der Waals surface area contributed by atoms with Crippen LogP contribution in [0.3, 0.4) is 0 Å². The van der Waals surface area contributed by atoms with Gasteiger partial charge in [-0.25, -0.2) is 8.42 Å². The van der Waals surface area contributed by atoms with E-state index in [1.165, 1.54) is 17.1 Å². The van der Waals surface area contributed by atoms with E-state index in [9.17, 15) is 13.2 Å². The number of amides is 1. The van der Waals surface area contributed by atoms with Crippen molar-refractivity contribution in [3.63, 3.8) is 0 Å². The van der Waals surface area contributed by atoms with Gasteiger partial charge in [0, 0.05) is 19.6 Å². The highest BCUT2D eigenvalue weighted by Gasteiger charge is 2.41. The highest BCUT2D eigenvalue weighted by molar-refractivity contribution is 7.89. The average Bonchev–Trinajstić information content (AvgIpc) is 2.98. The van der Waals surface area contributed by atoms with Crippen LogP contribution in [0.5, 0.6) is 0 Å². The maximum Gasteiger partial charge on any atom is 0.243 e. The van der Waals surface area contributed by atoms with Crippen LogP contribution in [0.2, 0.25) is 0 Å². The quantitative estimate of drug-likeness (QED) is 0.772. The second-order valence-electron chi connectivity index (χ2n) is 7.18. The molecule has 1 aliphatic carbocycles. The number of hydrogen-bond donors (Lipinski definition) is 0. The lowest BCUT2D eigenvalue weighted by atomic mass is 10.1. The maximum atomic E-state index is 13.1. The first-order valence-corrected chi connectivity index (χ1v) is 10.8.